The molecule has 0 unspecified atom stereocenters. The van der Waals surface area contributed by atoms with Crippen LogP contribution in [0.5, 0.6) is 0 Å². The van der Waals surface area contributed by atoms with Crippen LogP contribution >= 0.6 is 0 Å². The zero-order valence-electron chi connectivity index (χ0n) is 15.5. The number of benzene rings is 2. The van der Waals surface area contributed by atoms with E-state index in [1.165, 1.54) is 7.11 Å². The number of carbonyl (C=O) groups is 2. The Morgan fingerprint density at radius 1 is 1.11 bits per heavy atom. The number of likely N-dealkylation sites (tertiary alicyclic amines) is 1. The lowest BCUT2D eigenvalue weighted by Crippen LogP contribution is -2.40. The van der Waals surface area contributed by atoms with Gasteiger partial charge in [-0.1, -0.05) is 72.8 Å². The van der Waals surface area contributed by atoms with Crippen molar-refractivity contribution in [1.29, 1.82) is 0 Å². The van der Waals surface area contributed by atoms with Crippen LogP contribution in [0.1, 0.15) is 17.2 Å². The lowest BCUT2D eigenvalue weighted by atomic mass is 9.77. The second-order valence-electron chi connectivity index (χ2n) is 7.61. The normalized spacial score (nSPS) is 30.1. The summed E-state index contributed by atoms with van der Waals surface area (Å²) in [5.41, 5.74) is 1.32. The predicted octanol–water partition coefficient (Wildman–Crippen LogP) is 2.73. The van der Waals surface area contributed by atoms with E-state index in [9.17, 15) is 9.59 Å². The molecule has 0 saturated carbocycles. The van der Waals surface area contributed by atoms with Crippen LogP contribution in [0.3, 0.4) is 0 Å². The Balaban J connectivity index is 1.58. The summed E-state index contributed by atoms with van der Waals surface area (Å²) in [6.45, 7) is 0.422. The summed E-state index contributed by atoms with van der Waals surface area (Å²) >= 11 is 0. The van der Waals surface area contributed by atoms with Crippen LogP contribution < -0.4 is 0 Å². The van der Waals surface area contributed by atoms with E-state index in [0.29, 0.717) is 6.54 Å². The van der Waals surface area contributed by atoms with Gasteiger partial charge in [0.05, 0.1) is 31.7 Å². The van der Waals surface area contributed by atoms with Gasteiger partial charge >= 0.3 is 5.97 Å². The van der Waals surface area contributed by atoms with E-state index >= 15 is 0 Å². The fraction of sp³-hybridized carbons (Fsp3) is 0.304. The second kappa shape index (κ2) is 6.31. The molecule has 5 rings (SSSR count). The SMILES string of the molecule is COC(=O)[C@H]1[C@H]2C=C[C@@]3(CN(C(c4ccccc4)c4ccccc4)C(=O)[C@@H]13)O2. The van der Waals surface area contributed by atoms with Crippen LogP contribution in [0, 0.1) is 11.8 Å². The van der Waals surface area contributed by atoms with Crippen LogP contribution in [0.15, 0.2) is 72.8 Å². The minimum atomic E-state index is -0.748. The van der Waals surface area contributed by atoms with Gasteiger partial charge in [-0.3, -0.25) is 9.59 Å². The zero-order valence-corrected chi connectivity index (χ0v) is 15.5. The minimum absolute atomic E-state index is 0.0556. The molecule has 2 aromatic carbocycles. The number of hydrogen-bond acceptors (Lipinski definition) is 4. The molecule has 0 radical (unpaired) electrons. The molecule has 2 saturated heterocycles. The van der Waals surface area contributed by atoms with Gasteiger partial charge in [0.1, 0.15) is 11.5 Å². The minimum Gasteiger partial charge on any atom is -0.469 e. The second-order valence-corrected chi connectivity index (χ2v) is 7.61. The Hall–Kier alpha value is -2.92. The molecule has 0 aliphatic carbocycles. The number of rotatable bonds is 4. The number of amides is 1. The Morgan fingerprint density at radius 3 is 2.29 bits per heavy atom. The predicted molar refractivity (Wildman–Crippen MR) is 102 cm³/mol. The standard InChI is InChI=1S/C23H21NO4/c1-27-22(26)18-17-12-13-23(28-17)14-24(21(25)19(18)23)20(15-8-4-2-5-9-15)16-10-6-3-7-11-16/h2-13,17-20H,14H2,1H3/t17-,18+,19-,23+/m1/s1. The number of esters is 1. The Morgan fingerprint density at radius 2 is 1.71 bits per heavy atom. The molecule has 0 N–H and O–H groups in total. The number of nitrogens with zero attached hydrogens (tertiary/aromatic N) is 1. The highest BCUT2D eigenvalue weighted by atomic mass is 16.5. The maximum atomic E-state index is 13.6. The molecule has 5 heteroatoms. The largest absolute Gasteiger partial charge is 0.469 e. The first-order valence-electron chi connectivity index (χ1n) is 9.50. The molecule has 4 atom stereocenters. The number of ether oxygens (including phenoxy) is 2. The van der Waals surface area contributed by atoms with Gasteiger partial charge in [-0.05, 0) is 11.1 Å². The molecule has 0 aromatic heterocycles. The number of carbonyl (C=O) groups excluding carboxylic acids is 2. The van der Waals surface area contributed by atoms with Crippen molar-refractivity contribution in [3.8, 4) is 0 Å². The average Bonchev–Trinajstić information content (AvgIpc) is 3.38. The van der Waals surface area contributed by atoms with E-state index in [4.69, 9.17) is 9.47 Å². The average molecular weight is 375 g/mol. The van der Waals surface area contributed by atoms with Gasteiger partial charge < -0.3 is 14.4 Å². The van der Waals surface area contributed by atoms with E-state index in [1.807, 2.05) is 77.7 Å². The van der Waals surface area contributed by atoms with Gasteiger partial charge in [0.2, 0.25) is 5.91 Å². The Labute approximate surface area is 163 Å². The molecule has 3 aliphatic heterocycles. The van der Waals surface area contributed by atoms with Crippen LogP contribution in [-0.2, 0) is 19.1 Å². The maximum Gasteiger partial charge on any atom is 0.312 e. The first kappa shape index (κ1) is 17.2. The first-order chi connectivity index (χ1) is 13.6. The summed E-state index contributed by atoms with van der Waals surface area (Å²) in [5.74, 6) is -1.56. The van der Waals surface area contributed by atoms with E-state index in [0.717, 1.165) is 11.1 Å². The lowest BCUT2D eigenvalue weighted by molar-refractivity contribution is -0.151. The van der Waals surface area contributed by atoms with Crippen molar-refractivity contribution in [2.24, 2.45) is 11.8 Å². The summed E-state index contributed by atoms with van der Waals surface area (Å²) < 4.78 is 11.1. The summed E-state index contributed by atoms with van der Waals surface area (Å²) in [6, 6.07) is 19.7. The first-order valence-corrected chi connectivity index (χ1v) is 9.50. The number of fused-ring (bicyclic) bond motifs is 1. The summed E-state index contributed by atoms with van der Waals surface area (Å²) in [7, 11) is 1.36. The summed E-state index contributed by atoms with van der Waals surface area (Å²) in [6.07, 6.45) is 3.48. The highest BCUT2D eigenvalue weighted by Gasteiger charge is 2.68. The fourth-order valence-electron chi connectivity index (χ4n) is 4.97. The van der Waals surface area contributed by atoms with Gasteiger partial charge in [0.15, 0.2) is 0 Å². The van der Waals surface area contributed by atoms with Crippen molar-refractivity contribution in [2.75, 3.05) is 13.7 Å². The lowest BCUT2D eigenvalue weighted by Gasteiger charge is -2.31. The fourth-order valence-corrected chi connectivity index (χ4v) is 4.97. The molecular formula is C23H21NO4. The quantitative estimate of drug-likeness (QED) is 0.609. The molecule has 142 valence electrons. The molecule has 1 amide bonds. The van der Waals surface area contributed by atoms with Gasteiger partial charge in [-0.25, -0.2) is 0 Å². The molecule has 3 aliphatic rings. The smallest absolute Gasteiger partial charge is 0.312 e. The highest BCUT2D eigenvalue weighted by Crippen LogP contribution is 2.54. The van der Waals surface area contributed by atoms with Crippen molar-refractivity contribution in [3.63, 3.8) is 0 Å². The van der Waals surface area contributed by atoms with E-state index in [2.05, 4.69) is 0 Å². The number of methoxy groups -OCH3 is 1. The monoisotopic (exact) mass is 375 g/mol. The highest BCUT2D eigenvalue weighted by molar-refractivity contribution is 5.91. The summed E-state index contributed by atoms with van der Waals surface area (Å²) in [4.78, 5) is 27.9. The maximum absolute atomic E-state index is 13.6. The van der Waals surface area contributed by atoms with Crippen LogP contribution in [0.4, 0.5) is 0 Å². The van der Waals surface area contributed by atoms with Crippen molar-refractivity contribution in [2.45, 2.75) is 17.7 Å². The van der Waals surface area contributed by atoms with E-state index < -0.39 is 17.4 Å². The van der Waals surface area contributed by atoms with Crippen molar-refractivity contribution < 1.29 is 19.1 Å². The third-order valence-corrected chi connectivity index (χ3v) is 6.15. The van der Waals surface area contributed by atoms with Crippen LogP contribution in [-0.4, -0.2) is 42.1 Å². The molecule has 2 aromatic rings. The molecule has 3 heterocycles. The van der Waals surface area contributed by atoms with E-state index in [-0.39, 0.29) is 24.0 Å². The van der Waals surface area contributed by atoms with Crippen LogP contribution in [0.25, 0.3) is 0 Å². The van der Waals surface area contributed by atoms with Crippen molar-refractivity contribution in [3.05, 3.63) is 83.9 Å². The third kappa shape index (κ3) is 2.36. The molecule has 1 spiro atoms. The van der Waals surface area contributed by atoms with Gasteiger partial charge in [0.25, 0.3) is 0 Å². The molecule has 28 heavy (non-hydrogen) atoms. The molecule has 2 fully saturated rings. The van der Waals surface area contributed by atoms with E-state index in [1.54, 1.807) is 0 Å². The van der Waals surface area contributed by atoms with Gasteiger partial charge in [0, 0.05) is 0 Å². The van der Waals surface area contributed by atoms with Crippen molar-refractivity contribution in [1.82, 2.24) is 4.90 Å². The topological polar surface area (TPSA) is 55.8 Å². The molecule has 5 nitrogen and oxygen atoms in total. The third-order valence-electron chi connectivity index (χ3n) is 6.15. The Bertz CT molecular complexity index is 902. The molecular weight excluding hydrogens is 354 g/mol. The zero-order chi connectivity index (χ0) is 19.3. The number of hydrogen-bond donors (Lipinski definition) is 0. The Kier molecular flexibility index (Phi) is 3.88. The summed E-state index contributed by atoms with van der Waals surface area (Å²) in [5, 5.41) is 0. The van der Waals surface area contributed by atoms with Crippen molar-refractivity contribution >= 4 is 11.9 Å². The van der Waals surface area contributed by atoms with Crippen LogP contribution in [0.2, 0.25) is 0 Å². The van der Waals surface area contributed by atoms with Gasteiger partial charge in [-0.15, -0.1) is 0 Å². The van der Waals surface area contributed by atoms with Gasteiger partial charge in [-0.2, -0.15) is 0 Å². The molecule has 2 bridgehead atoms.